The van der Waals surface area contributed by atoms with Crippen LogP contribution in [0.2, 0.25) is 5.02 Å². The number of nitrogen functional groups attached to an aromatic ring is 1. The van der Waals surface area contributed by atoms with Crippen molar-refractivity contribution < 1.29 is 14.2 Å². The number of hydrogen-bond donors (Lipinski definition) is 2. The van der Waals surface area contributed by atoms with Gasteiger partial charge in [0.25, 0.3) is 5.91 Å². The lowest BCUT2D eigenvalue weighted by molar-refractivity contribution is 0.0945. The number of aromatic nitrogens is 5. The van der Waals surface area contributed by atoms with Gasteiger partial charge < -0.3 is 10.5 Å². The van der Waals surface area contributed by atoms with E-state index in [2.05, 4.69) is 40.7 Å². The van der Waals surface area contributed by atoms with Gasteiger partial charge in [-0.1, -0.05) is 28.9 Å². The van der Waals surface area contributed by atoms with Crippen LogP contribution in [0.1, 0.15) is 40.2 Å². The molecule has 1 aliphatic heterocycles. The molecule has 1 saturated heterocycles. The fraction of sp³-hybridized carbons (Fsp3) is 0.250. The van der Waals surface area contributed by atoms with E-state index in [1.165, 1.54) is 10.9 Å². The lowest BCUT2D eigenvalue weighted by atomic mass is 10.2. The summed E-state index contributed by atoms with van der Waals surface area (Å²) in [5.41, 5.74) is 10.8. The maximum Gasteiger partial charge on any atom is 0.292 e. The predicted octanol–water partition coefficient (Wildman–Crippen LogP) is 2.82. The fourth-order valence-electron chi connectivity index (χ4n) is 3.90. The Morgan fingerprint density at radius 2 is 1.89 bits per heavy atom. The summed E-state index contributed by atoms with van der Waals surface area (Å²) < 4.78 is 11.7. The van der Waals surface area contributed by atoms with Crippen LogP contribution in [0.15, 0.2) is 58.3 Å². The minimum atomic E-state index is -0.513. The second-order valence-corrected chi connectivity index (χ2v) is 8.87. The molecule has 1 fully saturated rings. The Hall–Kier alpha value is -4.29. The molecule has 1 amide bonds. The van der Waals surface area contributed by atoms with Gasteiger partial charge in [-0.25, -0.2) is 10.1 Å². The van der Waals surface area contributed by atoms with Crippen molar-refractivity contribution in [1.29, 1.82) is 0 Å². The van der Waals surface area contributed by atoms with Crippen LogP contribution in [0.4, 0.5) is 5.82 Å². The van der Waals surface area contributed by atoms with Gasteiger partial charge in [0.2, 0.25) is 11.6 Å². The third-order valence-electron chi connectivity index (χ3n) is 5.80. The van der Waals surface area contributed by atoms with E-state index < -0.39 is 5.91 Å². The van der Waals surface area contributed by atoms with E-state index in [0.29, 0.717) is 29.6 Å². The van der Waals surface area contributed by atoms with E-state index in [1.807, 2.05) is 48.5 Å². The maximum atomic E-state index is 13.1. The Bertz CT molecular complexity index is 1380. The molecule has 2 aromatic heterocycles. The van der Waals surface area contributed by atoms with Crippen molar-refractivity contribution >= 4 is 29.5 Å². The van der Waals surface area contributed by atoms with Gasteiger partial charge in [0.05, 0.1) is 6.21 Å². The number of amides is 1. The molecule has 37 heavy (non-hydrogen) atoms. The smallest absolute Gasteiger partial charge is 0.292 e. The van der Waals surface area contributed by atoms with Crippen molar-refractivity contribution in [1.82, 2.24) is 35.6 Å². The molecule has 0 atom stereocenters. The second kappa shape index (κ2) is 11.2. The van der Waals surface area contributed by atoms with Gasteiger partial charge in [-0.15, -0.1) is 5.10 Å². The molecule has 0 unspecified atom stereocenters. The molecule has 13 heteroatoms. The van der Waals surface area contributed by atoms with Gasteiger partial charge in [0.15, 0.2) is 5.69 Å². The molecule has 3 N–H and O–H groups in total. The summed E-state index contributed by atoms with van der Waals surface area (Å²) in [5.74, 6) is 0.272. The number of rotatable bonds is 9. The van der Waals surface area contributed by atoms with Crippen LogP contribution < -0.4 is 15.9 Å². The molecule has 0 spiro atoms. The average Bonchev–Trinajstić information content (AvgIpc) is 3.66. The van der Waals surface area contributed by atoms with Crippen LogP contribution in [0.5, 0.6) is 5.75 Å². The van der Waals surface area contributed by atoms with Crippen LogP contribution in [-0.4, -0.2) is 55.4 Å². The number of likely N-dealkylation sites (tertiary alicyclic amines) is 1. The minimum absolute atomic E-state index is 0.00598. The SMILES string of the molecule is Nc1nonc1-n1nnc(CN2CCCC2)c1C(=O)N/N=C/c1ccc(OCc2ccc(Cl)cc2)cc1. The molecule has 5 rings (SSSR count). The zero-order valence-corrected chi connectivity index (χ0v) is 20.5. The molecule has 1 aliphatic rings. The quantitative estimate of drug-likeness (QED) is 0.250. The first-order valence-corrected chi connectivity index (χ1v) is 12.0. The van der Waals surface area contributed by atoms with Crippen LogP contribution in [0, 0.1) is 0 Å². The van der Waals surface area contributed by atoms with Gasteiger partial charge in [-0.05, 0) is 83.8 Å². The van der Waals surface area contributed by atoms with Crippen molar-refractivity contribution in [2.24, 2.45) is 5.10 Å². The average molecular weight is 522 g/mol. The Balaban J connectivity index is 1.24. The van der Waals surface area contributed by atoms with E-state index in [-0.39, 0.29) is 17.3 Å². The summed E-state index contributed by atoms with van der Waals surface area (Å²) in [4.78, 5) is 15.3. The van der Waals surface area contributed by atoms with Gasteiger partial charge in [-0.3, -0.25) is 9.69 Å². The lowest BCUT2D eigenvalue weighted by Crippen LogP contribution is -2.26. The highest BCUT2D eigenvalue weighted by Gasteiger charge is 2.26. The van der Waals surface area contributed by atoms with Crippen molar-refractivity contribution in [3.63, 3.8) is 0 Å². The van der Waals surface area contributed by atoms with Crippen molar-refractivity contribution in [2.45, 2.75) is 26.0 Å². The van der Waals surface area contributed by atoms with E-state index in [4.69, 9.17) is 22.1 Å². The zero-order chi connectivity index (χ0) is 25.6. The van der Waals surface area contributed by atoms with Crippen LogP contribution >= 0.6 is 11.6 Å². The molecule has 3 heterocycles. The predicted molar refractivity (Wildman–Crippen MR) is 135 cm³/mol. The first kappa shape index (κ1) is 24.4. The number of ether oxygens (including phenoxy) is 1. The Kier molecular flexibility index (Phi) is 7.38. The number of hydrazone groups is 1. The summed E-state index contributed by atoms with van der Waals surface area (Å²) in [5, 5.41) is 20.3. The third kappa shape index (κ3) is 5.93. The molecule has 0 aliphatic carbocycles. The highest BCUT2D eigenvalue weighted by molar-refractivity contribution is 6.30. The number of nitrogens with one attached hydrogen (secondary N) is 1. The number of hydrogen-bond acceptors (Lipinski definition) is 10. The van der Waals surface area contributed by atoms with Gasteiger partial charge >= 0.3 is 0 Å². The Morgan fingerprint density at radius 1 is 1.14 bits per heavy atom. The monoisotopic (exact) mass is 521 g/mol. The normalized spacial score (nSPS) is 13.9. The number of nitrogens with zero attached hydrogens (tertiary/aromatic N) is 7. The van der Waals surface area contributed by atoms with Gasteiger partial charge in [-0.2, -0.15) is 9.78 Å². The van der Waals surface area contributed by atoms with Crippen LogP contribution in [-0.2, 0) is 13.2 Å². The summed E-state index contributed by atoms with van der Waals surface area (Å²) in [7, 11) is 0. The van der Waals surface area contributed by atoms with Crippen molar-refractivity contribution in [3.05, 3.63) is 76.1 Å². The van der Waals surface area contributed by atoms with Crippen molar-refractivity contribution in [3.8, 4) is 11.6 Å². The minimum Gasteiger partial charge on any atom is -0.489 e. The Morgan fingerprint density at radius 3 is 2.59 bits per heavy atom. The standard InChI is InChI=1S/C24H24ClN9O3/c25-18-7-3-17(4-8-18)15-36-19-9-5-16(6-10-19)13-27-29-24(35)21-20(14-33-11-1-2-12-33)28-32-34(21)23-22(26)30-37-31-23/h3-10,13H,1-2,11-12,14-15H2,(H2,26,30)(H,29,35)/b27-13+. The van der Waals surface area contributed by atoms with Gasteiger partial charge in [0.1, 0.15) is 18.1 Å². The number of benzene rings is 2. The number of anilines is 1. The van der Waals surface area contributed by atoms with E-state index in [1.54, 1.807) is 0 Å². The summed E-state index contributed by atoms with van der Waals surface area (Å²) in [6.45, 7) is 2.75. The first-order chi connectivity index (χ1) is 18.1. The first-order valence-electron chi connectivity index (χ1n) is 11.6. The number of carbonyl (C=O) groups excluding carboxylic acids is 1. The fourth-order valence-corrected chi connectivity index (χ4v) is 4.03. The third-order valence-corrected chi connectivity index (χ3v) is 6.05. The topological polar surface area (TPSA) is 150 Å². The van der Waals surface area contributed by atoms with Gasteiger partial charge in [0, 0.05) is 11.6 Å². The largest absolute Gasteiger partial charge is 0.489 e. The van der Waals surface area contributed by atoms with E-state index in [0.717, 1.165) is 37.1 Å². The van der Waals surface area contributed by atoms with Crippen LogP contribution in [0.3, 0.4) is 0 Å². The maximum absolute atomic E-state index is 13.1. The molecule has 0 radical (unpaired) electrons. The molecule has 12 nitrogen and oxygen atoms in total. The molecule has 190 valence electrons. The molecule has 2 aromatic carbocycles. The van der Waals surface area contributed by atoms with E-state index >= 15 is 0 Å². The number of nitrogens with two attached hydrogens (primary N) is 1. The van der Waals surface area contributed by atoms with Crippen molar-refractivity contribution in [2.75, 3.05) is 18.8 Å². The highest BCUT2D eigenvalue weighted by atomic mass is 35.5. The molecule has 4 aromatic rings. The number of carbonyl (C=O) groups is 1. The summed E-state index contributed by atoms with van der Waals surface area (Å²) >= 11 is 5.91. The summed E-state index contributed by atoms with van der Waals surface area (Å²) in [6, 6.07) is 14.8. The van der Waals surface area contributed by atoms with E-state index in [9.17, 15) is 4.79 Å². The molecular formula is C24H24ClN9O3. The molecular weight excluding hydrogens is 498 g/mol. The summed E-state index contributed by atoms with van der Waals surface area (Å²) in [6.07, 6.45) is 3.73. The highest BCUT2D eigenvalue weighted by Crippen LogP contribution is 2.19. The Labute approximate surface area is 217 Å². The second-order valence-electron chi connectivity index (χ2n) is 8.44. The molecule has 0 saturated carbocycles. The van der Waals surface area contributed by atoms with Crippen LogP contribution in [0.25, 0.3) is 5.82 Å². The molecule has 0 bridgehead atoms. The lowest BCUT2D eigenvalue weighted by Gasteiger charge is -2.13. The zero-order valence-electron chi connectivity index (χ0n) is 19.7. The number of halogens is 1.